The third-order valence-corrected chi connectivity index (χ3v) is 7.99. The molecule has 0 unspecified atom stereocenters. The molecule has 0 bridgehead atoms. The lowest BCUT2D eigenvalue weighted by Crippen LogP contribution is -2.29. The first kappa shape index (κ1) is 23.6. The molecule has 6 nitrogen and oxygen atoms in total. The molecule has 1 aliphatic heterocycles. The van der Waals surface area contributed by atoms with Gasteiger partial charge in [-0.05, 0) is 60.0 Å². The Balaban J connectivity index is 1.26. The molecule has 0 aromatic heterocycles. The molecule has 1 N–H and O–H groups in total. The third kappa shape index (κ3) is 4.97. The molecular formula is C29H26N2O4S. The van der Waals surface area contributed by atoms with E-state index in [1.165, 1.54) is 16.4 Å². The molecule has 0 saturated heterocycles. The number of benzene rings is 4. The number of ether oxygens (including phenoxy) is 1. The summed E-state index contributed by atoms with van der Waals surface area (Å²) in [5.41, 5.74) is 3.82. The molecule has 36 heavy (non-hydrogen) atoms. The lowest BCUT2D eigenvalue weighted by Gasteiger charge is -2.19. The highest BCUT2D eigenvalue weighted by Gasteiger charge is 2.30. The summed E-state index contributed by atoms with van der Waals surface area (Å²) < 4.78 is 33.8. The molecule has 0 saturated carbocycles. The van der Waals surface area contributed by atoms with Gasteiger partial charge in [-0.3, -0.25) is 9.10 Å². The molecule has 0 radical (unpaired) electrons. The minimum Gasteiger partial charge on any atom is -0.492 e. The average Bonchev–Trinajstić information content (AvgIpc) is 3.35. The van der Waals surface area contributed by atoms with Crippen molar-refractivity contribution in [1.29, 1.82) is 0 Å². The van der Waals surface area contributed by atoms with Crippen LogP contribution in [0.5, 0.6) is 5.75 Å². The van der Waals surface area contributed by atoms with E-state index in [4.69, 9.17) is 4.74 Å². The first-order valence-corrected chi connectivity index (χ1v) is 13.2. The highest BCUT2D eigenvalue weighted by Crippen LogP contribution is 2.33. The van der Waals surface area contributed by atoms with E-state index in [1.807, 2.05) is 60.7 Å². The van der Waals surface area contributed by atoms with Gasteiger partial charge in [-0.2, -0.15) is 0 Å². The minimum absolute atomic E-state index is 0.182. The fraction of sp³-hybridized carbons (Fsp3) is 0.138. The quantitative estimate of drug-likeness (QED) is 0.357. The zero-order valence-corrected chi connectivity index (χ0v) is 20.4. The van der Waals surface area contributed by atoms with Gasteiger partial charge in [0.05, 0.1) is 22.8 Å². The number of carbonyl (C=O) groups is 1. The minimum atomic E-state index is -3.69. The number of carbonyl (C=O) groups excluding carboxylic acids is 1. The molecule has 182 valence electrons. The number of sulfonamides is 1. The Bertz CT molecular complexity index is 1470. The first-order chi connectivity index (χ1) is 17.5. The van der Waals surface area contributed by atoms with Crippen LogP contribution >= 0.6 is 0 Å². The van der Waals surface area contributed by atoms with Gasteiger partial charge in [0, 0.05) is 18.7 Å². The number of fused-ring (bicyclic) bond motifs is 1. The predicted molar refractivity (Wildman–Crippen MR) is 141 cm³/mol. The van der Waals surface area contributed by atoms with E-state index in [0.29, 0.717) is 36.6 Å². The first-order valence-electron chi connectivity index (χ1n) is 11.8. The second-order valence-corrected chi connectivity index (χ2v) is 10.4. The molecule has 1 amide bonds. The Labute approximate surface area is 211 Å². The van der Waals surface area contributed by atoms with Gasteiger partial charge in [-0.15, -0.1) is 0 Å². The van der Waals surface area contributed by atoms with E-state index >= 15 is 0 Å². The van der Waals surface area contributed by atoms with Gasteiger partial charge in [0.25, 0.3) is 15.9 Å². The largest absolute Gasteiger partial charge is 0.492 e. The molecule has 0 spiro atoms. The average molecular weight is 499 g/mol. The molecule has 5 rings (SSSR count). The highest BCUT2D eigenvalue weighted by atomic mass is 32.2. The highest BCUT2D eigenvalue weighted by molar-refractivity contribution is 7.92. The van der Waals surface area contributed by atoms with Gasteiger partial charge in [0.2, 0.25) is 0 Å². The number of hydrogen-bond acceptors (Lipinski definition) is 4. The van der Waals surface area contributed by atoms with Crippen molar-refractivity contribution in [2.75, 3.05) is 22.8 Å². The maximum atomic E-state index is 13.2. The second kappa shape index (κ2) is 10.3. The standard InChI is InChI=1S/C29H26N2O4S/c32-29(26-11-5-7-13-28(26)35-21-19-22-8-2-1-3-9-22)30-24-14-16-25(17-15-24)36(33,34)31-20-18-23-10-4-6-12-27(23)31/h1-17H,18-21H2,(H,30,32). The number of rotatable bonds is 8. The summed E-state index contributed by atoms with van der Waals surface area (Å²) in [7, 11) is -3.69. The number of para-hydroxylation sites is 2. The van der Waals surface area contributed by atoms with E-state index in [9.17, 15) is 13.2 Å². The normalized spacial score (nSPS) is 12.7. The molecule has 4 aromatic carbocycles. The van der Waals surface area contributed by atoms with E-state index in [-0.39, 0.29) is 10.8 Å². The Hall–Kier alpha value is -4.10. The van der Waals surface area contributed by atoms with E-state index in [1.54, 1.807) is 30.3 Å². The molecule has 0 aliphatic carbocycles. The predicted octanol–water partition coefficient (Wildman–Crippen LogP) is 5.31. The fourth-order valence-electron chi connectivity index (χ4n) is 4.30. The lowest BCUT2D eigenvalue weighted by atomic mass is 10.1. The molecule has 1 heterocycles. The Kier molecular flexibility index (Phi) is 6.73. The SMILES string of the molecule is O=C(Nc1ccc(S(=O)(=O)N2CCc3ccccc32)cc1)c1ccccc1OCCc1ccccc1. The summed E-state index contributed by atoms with van der Waals surface area (Å²) >= 11 is 0. The molecule has 0 fully saturated rings. The van der Waals surface area contributed by atoms with Crippen molar-refractivity contribution in [2.45, 2.75) is 17.7 Å². The third-order valence-electron chi connectivity index (χ3n) is 6.17. The van der Waals surface area contributed by atoms with Crippen molar-refractivity contribution in [2.24, 2.45) is 0 Å². The topological polar surface area (TPSA) is 75.7 Å². The zero-order valence-electron chi connectivity index (χ0n) is 19.6. The van der Waals surface area contributed by atoms with Crippen molar-refractivity contribution in [3.05, 3.63) is 120 Å². The fourth-order valence-corrected chi connectivity index (χ4v) is 5.80. The summed E-state index contributed by atoms with van der Waals surface area (Å²) in [6.45, 7) is 0.863. The summed E-state index contributed by atoms with van der Waals surface area (Å²) in [6, 6.07) is 30.9. The van der Waals surface area contributed by atoms with Crippen LogP contribution in [0.25, 0.3) is 0 Å². The number of nitrogens with zero attached hydrogens (tertiary/aromatic N) is 1. The van der Waals surface area contributed by atoms with Crippen LogP contribution in [0, 0.1) is 0 Å². The van der Waals surface area contributed by atoms with Gasteiger partial charge < -0.3 is 10.1 Å². The van der Waals surface area contributed by atoms with Crippen molar-refractivity contribution >= 4 is 27.3 Å². The second-order valence-electron chi connectivity index (χ2n) is 8.51. The van der Waals surface area contributed by atoms with Crippen LogP contribution in [-0.4, -0.2) is 27.5 Å². The van der Waals surface area contributed by atoms with Crippen LogP contribution < -0.4 is 14.4 Å². The van der Waals surface area contributed by atoms with E-state index in [2.05, 4.69) is 5.32 Å². The maximum absolute atomic E-state index is 13.2. The Morgan fingerprint density at radius 2 is 1.53 bits per heavy atom. The van der Waals surface area contributed by atoms with Gasteiger partial charge in [-0.1, -0.05) is 60.7 Å². The van der Waals surface area contributed by atoms with Crippen LogP contribution in [0.15, 0.2) is 108 Å². The zero-order chi connectivity index (χ0) is 25.0. The van der Waals surface area contributed by atoms with Crippen molar-refractivity contribution in [1.82, 2.24) is 0 Å². The number of amides is 1. The molecule has 7 heteroatoms. The van der Waals surface area contributed by atoms with Crippen molar-refractivity contribution in [3.63, 3.8) is 0 Å². The summed E-state index contributed by atoms with van der Waals surface area (Å²) in [5, 5.41) is 2.84. The van der Waals surface area contributed by atoms with Gasteiger partial charge in [-0.25, -0.2) is 8.42 Å². The van der Waals surface area contributed by atoms with E-state index < -0.39 is 10.0 Å². The lowest BCUT2D eigenvalue weighted by molar-refractivity contribution is 0.102. The van der Waals surface area contributed by atoms with Crippen LogP contribution in [0.4, 0.5) is 11.4 Å². The van der Waals surface area contributed by atoms with Crippen LogP contribution in [0.2, 0.25) is 0 Å². The summed E-state index contributed by atoms with van der Waals surface area (Å²) in [4.78, 5) is 13.2. The van der Waals surface area contributed by atoms with Crippen LogP contribution in [-0.2, 0) is 22.9 Å². The maximum Gasteiger partial charge on any atom is 0.264 e. The summed E-state index contributed by atoms with van der Waals surface area (Å²) in [5.74, 6) is 0.173. The Morgan fingerprint density at radius 3 is 2.33 bits per heavy atom. The summed E-state index contributed by atoms with van der Waals surface area (Å²) in [6.07, 6.45) is 1.42. The van der Waals surface area contributed by atoms with Gasteiger partial charge in [0.15, 0.2) is 0 Å². The van der Waals surface area contributed by atoms with Gasteiger partial charge in [0.1, 0.15) is 5.75 Å². The van der Waals surface area contributed by atoms with Gasteiger partial charge >= 0.3 is 0 Å². The number of anilines is 2. The number of hydrogen-bond donors (Lipinski definition) is 1. The van der Waals surface area contributed by atoms with Crippen molar-refractivity contribution < 1.29 is 17.9 Å². The molecular weight excluding hydrogens is 472 g/mol. The molecule has 1 aliphatic rings. The van der Waals surface area contributed by atoms with Crippen LogP contribution in [0.3, 0.4) is 0 Å². The van der Waals surface area contributed by atoms with E-state index in [0.717, 1.165) is 23.2 Å². The Morgan fingerprint density at radius 1 is 0.833 bits per heavy atom. The van der Waals surface area contributed by atoms with Crippen LogP contribution in [0.1, 0.15) is 21.5 Å². The number of nitrogens with one attached hydrogen (secondary N) is 1. The van der Waals surface area contributed by atoms with Crippen molar-refractivity contribution in [3.8, 4) is 5.75 Å². The monoisotopic (exact) mass is 498 g/mol. The molecule has 0 atom stereocenters. The smallest absolute Gasteiger partial charge is 0.264 e. The molecule has 4 aromatic rings.